The number of hydrogen-bond acceptors (Lipinski definition) is 3. The van der Waals surface area contributed by atoms with Crippen molar-refractivity contribution in [1.82, 2.24) is 0 Å². The highest BCUT2D eigenvalue weighted by Crippen LogP contribution is 2.05. The van der Waals surface area contributed by atoms with Gasteiger partial charge in [-0.25, -0.2) is 4.79 Å². The molecular formula is C11H13ClN2O2. The van der Waals surface area contributed by atoms with E-state index < -0.39 is 6.09 Å². The normalized spacial score (nSPS) is 11.0. The first-order valence-electron chi connectivity index (χ1n) is 4.97. The molecule has 0 aromatic heterocycles. The van der Waals surface area contributed by atoms with Crippen molar-refractivity contribution < 1.29 is 9.63 Å². The zero-order valence-electron chi connectivity index (χ0n) is 8.94. The first-order valence-corrected chi connectivity index (χ1v) is 5.35. The third-order valence-electron chi connectivity index (χ3n) is 1.70. The summed E-state index contributed by atoms with van der Waals surface area (Å²) >= 11 is 5.67. The Morgan fingerprint density at radius 2 is 2.12 bits per heavy atom. The number of rotatable bonds is 4. The molecule has 0 fully saturated rings. The lowest BCUT2D eigenvalue weighted by Crippen LogP contribution is -2.11. The summed E-state index contributed by atoms with van der Waals surface area (Å²) in [5.74, 6) is 0. The van der Waals surface area contributed by atoms with Crippen molar-refractivity contribution in [3.05, 3.63) is 30.3 Å². The molecule has 0 aliphatic carbocycles. The molecule has 0 spiro atoms. The van der Waals surface area contributed by atoms with Crippen molar-refractivity contribution in [3.8, 4) is 0 Å². The van der Waals surface area contributed by atoms with E-state index in [0.29, 0.717) is 12.1 Å². The molecule has 0 radical (unpaired) electrons. The van der Waals surface area contributed by atoms with E-state index in [9.17, 15) is 4.79 Å². The Morgan fingerprint density at radius 1 is 1.44 bits per heavy atom. The number of amides is 1. The Labute approximate surface area is 99.2 Å². The van der Waals surface area contributed by atoms with Crippen LogP contribution in [-0.4, -0.2) is 11.3 Å². The van der Waals surface area contributed by atoms with Gasteiger partial charge in [-0.15, -0.1) is 0 Å². The van der Waals surface area contributed by atoms with Crippen LogP contribution < -0.4 is 5.32 Å². The number of halogens is 1. The molecule has 86 valence electrons. The molecule has 0 atom stereocenters. The Balaban J connectivity index is 2.40. The Hall–Kier alpha value is -1.55. The second-order valence-corrected chi connectivity index (χ2v) is 3.52. The molecule has 0 aliphatic heterocycles. The lowest BCUT2D eigenvalue weighted by molar-refractivity contribution is 0.166. The van der Waals surface area contributed by atoms with E-state index in [0.717, 1.165) is 6.42 Å². The first-order chi connectivity index (χ1) is 7.72. The minimum atomic E-state index is -0.652. The van der Waals surface area contributed by atoms with Gasteiger partial charge in [0, 0.05) is 12.1 Å². The number of benzene rings is 1. The largest absolute Gasteiger partial charge is 0.437 e. The van der Waals surface area contributed by atoms with Crippen LogP contribution >= 0.6 is 11.6 Å². The van der Waals surface area contributed by atoms with Crippen molar-refractivity contribution in [2.75, 3.05) is 5.32 Å². The van der Waals surface area contributed by atoms with Gasteiger partial charge >= 0.3 is 6.09 Å². The van der Waals surface area contributed by atoms with Crippen LogP contribution in [0.5, 0.6) is 0 Å². The fourth-order valence-corrected chi connectivity index (χ4v) is 1.23. The van der Waals surface area contributed by atoms with E-state index in [1.807, 2.05) is 25.1 Å². The van der Waals surface area contributed by atoms with E-state index in [1.54, 1.807) is 12.1 Å². The zero-order valence-corrected chi connectivity index (χ0v) is 9.70. The highest BCUT2D eigenvalue weighted by atomic mass is 35.5. The Morgan fingerprint density at radius 3 is 2.75 bits per heavy atom. The fraction of sp³-hybridized carbons (Fsp3) is 0.273. The van der Waals surface area contributed by atoms with Crippen LogP contribution in [-0.2, 0) is 4.84 Å². The molecule has 1 N–H and O–H groups in total. The van der Waals surface area contributed by atoms with E-state index >= 15 is 0 Å². The summed E-state index contributed by atoms with van der Waals surface area (Å²) in [5.41, 5.74) is 0.648. The molecule has 0 heterocycles. The number of carbonyl (C=O) groups excluding carboxylic acids is 1. The van der Waals surface area contributed by atoms with Gasteiger partial charge in [0.05, 0.1) is 0 Å². The van der Waals surface area contributed by atoms with Gasteiger partial charge in [-0.2, -0.15) is 0 Å². The number of carbonyl (C=O) groups is 1. The molecule has 1 rings (SSSR count). The molecular weight excluding hydrogens is 228 g/mol. The van der Waals surface area contributed by atoms with Crippen LogP contribution in [0.15, 0.2) is 35.5 Å². The summed E-state index contributed by atoms with van der Waals surface area (Å²) < 4.78 is 0. The molecule has 0 aliphatic rings. The number of oxime groups is 1. The maximum absolute atomic E-state index is 11.2. The topological polar surface area (TPSA) is 50.7 Å². The number of nitrogens with one attached hydrogen (secondary N) is 1. The van der Waals surface area contributed by atoms with Gasteiger partial charge in [0.15, 0.2) is 0 Å². The SMILES string of the molecule is CCC/C(Cl)=N/OC(=O)Nc1ccccc1. The molecule has 0 saturated heterocycles. The Kier molecular flexibility index (Phi) is 5.36. The summed E-state index contributed by atoms with van der Waals surface area (Å²) in [6.07, 6.45) is 0.798. The lowest BCUT2D eigenvalue weighted by atomic mass is 10.3. The molecule has 0 unspecified atom stereocenters. The molecule has 1 amide bonds. The highest BCUT2D eigenvalue weighted by Gasteiger charge is 2.02. The predicted octanol–water partition coefficient (Wildman–Crippen LogP) is 3.59. The number of hydrogen-bond donors (Lipinski definition) is 1. The highest BCUT2D eigenvalue weighted by molar-refractivity contribution is 6.65. The molecule has 0 bridgehead atoms. The third kappa shape index (κ3) is 4.79. The van der Waals surface area contributed by atoms with Crippen LogP contribution in [0.2, 0.25) is 0 Å². The van der Waals surface area contributed by atoms with Crippen molar-refractivity contribution in [2.24, 2.45) is 5.16 Å². The van der Waals surface area contributed by atoms with Crippen LogP contribution in [0.3, 0.4) is 0 Å². The van der Waals surface area contributed by atoms with Gasteiger partial charge in [0.2, 0.25) is 0 Å². The molecule has 1 aromatic rings. The summed E-state index contributed by atoms with van der Waals surface area (Å²) in [6.45, 7) is 1.96. The van der Waals surface area contributed by atoms with Crippen LogP contribution in [0.4, 0.5) is 10.5 Å². The van der Waals surface area contributed by atoms with E-state index in [4.69, 9.17) is 11.6 Å². The van der Waals surface area contributed by atoms with Crippen LogP contribution in [0, 0.1) is 0 Å². The average Bonchev–Trinajstić information content (AvgIpc) is 2.28. The number of para-hydroxylation sites is 1. The van der Waals surface area contributed by atoms with Gasteiger partial charge in [-0.3, -0.25) is 10.2 Å². The summed E-state index contributed by atoms with van der Waals surface area (Å²) in [5, 5.41) is 6.28. The van der Waals surface area contributed by atoms with Gasteiger partial charge < -0.3 is 0 Å². The van der Waals surface area contributed by atoms with Crippen molar-refractivity contribution >= 4 is 28.6 Å². The average molecular weight is 241 g/mol. The molecule has 4 nitrogen and oxygen atoms in total. The second-order valence-electron chi connectivity index (χ2n) is 3.09. The lowest BCUT2D eigenvalue weighted by Gasteiger charge is -2.01. The minimum absolute atomic E-state index is 0.283. The van der Waals surface area contributed by atoms with Gasteiger partial charge in [0.1, 0.15) is 5.17 Å². The number of nitrogens with zero attached hydrogens (tertiary/aromatic N) is 1. The second kappa shape index (κ2) is 6.85. The number of anilines is 1. The smallest absolute Gasteiger partial charge is 0.297 e. The standard InChI is InChI=1S/C11H13ClN2O2/c1-2-6-10(12)14-16-11(15)13-9-7-4-3-5-8-9/h3-5,7-8H,2,6H2,1H3,(H,13,15)/b14-10-. The van der Waals surface area contributed by atoms with Crippen molar-refractivity contribution in [3.63, 3.8) is 0 Å². The van der Waals surface area contributed by atoms with Crippen LogP contribution in [0.1, 0.15) is 19.8 Å². The Bertz CT molecular complexity index is 366. The maximum Gasteiger partial charge on any atom is 0.437 e. The van der Waals surface area contributed by atoms with Crippen LogP contribution in [0.25, 0.3) is 0 Å². The van der Waals surface area contributed by atoms with E-state index in [1.165, 1.54) is 0 Å². The van der Waals surface area contributed by atoms with Gasteiger partial charge in [-0.1, -0.05) is 41.9 Å². The van der Waals surface area contributed by atoms with Crippen molar-refractivity contribution in [1.29, 1.82) is 0 Å². The predicted molar refractivity (Wildman–Crippen MR) is 64.7 cm³/mol. The molecule has 16 heavy (non-hydrogen) atoms. The molecule has 0 saturated carbocycles. The summed E-state index contributed by atoms with van der Waals surface area (Å²) in [4.78, 5) is 15.8. The maximum atomic E-state index is 11.2. The first kappa shape index (κ1) is 12.5. The van der Waals surface area contributed by atoms with Gasteiger partial charge in [0.25, 0.3) is 0 Å². The molecule has 1 aromatic carbocycles. The third-order valence-corrected chi connectivity index (χ3v) is 1.96. The van der Waals surface area contributed by atoms with E-state index in [2.05, 4.69) is 15.3 Å². The quantitative estimate of drug-likeness (QED) is 0.497. The van der Waals surface area contributed by atoms with Gasteiger partial charge in [-0.05, 0) is 18.6 Å². The summed E-state index contributed by atoms with van der Waals surface area (Å²) in [7, 11) is 0. The fourth-order valence-electron chi connectivity index (χ4n) is 1.01. The summed E-state index contributed by atoms with van der Waals surface area (Å²) in [6, 6.07) is 8.97. The minimum Gasteiger partial charge on any atom is -0.297 e. The van der Waals surface area contributed by atoms with E-state index in [-0.39, 0.29) is 5.17 Å². The molecule has 5 heteroatoms. The van der Waals surface area contributed by atoms with Crippen molar-refractivity contribution in [2.45, 2.75) is 19.8 Å². The monoisotopic (exact) mass is 240 g/mol. The zero-order chi connectivity index (χ0) is 11.8.